The Morgan fingerprint density at radius 1 is 1.37 bits per heavy atom. The van der Waals surface area contributed by atoms with Gasteiger partial charge in [-0.3, -0.25) is 4.99 Å². The SMILES string of the molecule is CCN(CCNC(=NC)N1CCS(=O)(=O)C(C)(C)C1)c1cccc(C)c1.I. The molecule has 1 aromatic rings. The molecule has 0 spiro atoms. The summed E-state index contributed by atoms with van der Waals surface area (Å²) in [6, 6.07) is 8.50. The van der Waals surface area contributed by atoms with Crippen molar-refractivity contribution in [3.8, 4) is 0 Å². The Labute approximate surface area is 181 Å². The number of aryl methyl sites for hydroxylation is 1. The van der Waals surface area contributed by atoms with Gasteiger partial charge in [-0.05, 0) is 45.4 Å². The molecule has 27 heavy (non-hydrogen) atoms. The van der Waals surface area contributed by atoms with Crippen molar-refractivity contribution in [1.82, 2.24) is 10.2 Å². The fourth-order valence-electron chi connectivity index (χ4n) is 3.25. The van der Waals surface area contributed by atoms with Crippen LogP contribution >= 0.6 is 24.0 Å². The zero-order valence-electron chi connectivity index (χ0n) is 17.0. The van der Waals surface area contributed by atoms with Crippen LogP contribution in [0.2, 0.25) is 0 Å². The van der Waals surface area contributed by atoms with E-state index in [4.69, 9.17) is 0 Å². The standard InChI is InChI=1S/C19H32N4O2S.HI/c1-6-22(17-9-7-8-16(2)14-17)11-10-21-18(20-5)23-12-13-26(24,25)19(3,4)15-23;/h7-9,14H,6,10-13,15H2,1-5H3,(H,20,21);1H. The van der Waals surface area contributed by atoms with Crippen LogP contribution in [0.5, 0.6) is 0 Å². The quantitative estimate of drug-likeness (QED) is 0.376. The first-order chi connectivity index (χ1) is 12.2. The number of guanidine groups is 1. The first-order valence-electron chi connectivity index (χ1n) is 9.19. The van der Waals surface area contributed by atoms with Gasteiger partial charge >= 0.3 is 0 Å². The summed E-state index contributed by atoms with van der Waals surface area (Å²) in [6.45, 7) is 11.3. The average molecular weight is 508 g/mol. The molecule has 0 radical (unpaired) electrons. The van der Waals surface area contributed by atoms with Crippen molar-refractivity contribution in [1.29, 1.82) is 0 Å². The lowest BCUT2D eigenvalue weighted by Crippen LogP contribution is -2.57. The van der Waals surface area contributed by atoms with E-state index in [-0.39, 0.29) is 29.7 Å². The van der Waals surface area contributed by atoms with Crippen molar-refractivity contribution in [2.75, 3.05) is 50.4 Å². The molecule has 1 heterocycles. The van der Waals surface area contributed by atoms with Crippen LogP contribution in [0.25, 0.3) is 0 Å². The van der Waals surface area contributed by atoms with Crippen LogP contribution in [0.15, 0.2) is 29.3 Å². The minimum atomic E-state index is -3.05. The Kier molecular flexibility index (Phi) is 8.85. The van der Waals surface area contributed by atoms with Crippen molar-refractivity contribution in [3.63, 3.8) is 0 Å². The number of nitrogens with one attached hydrogen (secondary N) is 1. The molecule has 0 aromatic heterocycles. The summed E-state index contributed by atoms with van der Waals surface area (Å²) < 4.78 is 23.6. The molecule has 154 valence electrons. The summed E-state index contributed by atoms with van der Waals surface area (Å²) in [7, 11) is -1.30. The third-order valence-electron chi connectivity index (χ3n) is 4.97. The van der Waals surface area contributed by atoms with E-state index in [9.17, 15) is 8.42 Å². The van der Waals surface area contributed by atoms with Gasteiger partial charge in [-0.15, -0.1) is 24.0 Å². The highest BCUT2D eigenvalue weighted by Crippen LogP contribution is 2.23. The van der Waals surface area contributed by atoms with Crippen LogP contribution in [0.3, 0.4) is 0 Å². The van der Waals surface area contributed by atoms with Gasteiger partial charge in [-0.2, -0.15) is 0 Å². The molecule has 1 aliphatic rings. The second-order valence-corrected chi connectivity index (χ2v) is 10.1. The molecule has 1 aromatic carbocycles. The molecule has 6 nitrogen and oxygen atoms in total. The zero-order valence-corrected chi connectivity index (χ0v) is 20.2. The fourth-order valence-corrected chi connectivity index (χ4v) is 4.62. The Bertz CT molecular complexity index is 750. The third kappa shape index (κ3) is 5.97. The van der Waals surface area contributed by atoms with Crippen LogP contribution in [-0.2, 0) is 9.84 Å². The minimum Gasteiger partial charge on any atom is -0.370 e. The first-order valence-corrected chi connectivity index (χ1v) is 10.8. The van der Waals surface area contributed by atoms with E-state index in [1.54, 1.807) is 20.9 Å². The van der Waals surface area contributed by atoms with Gasteiger partial charge in [0.25, 0.3) is 0 Å². The van der Waals surface area contributed by atoms with E-state index in [0.717, 1.165) is 25.6 Å². The predicted molar refractivity (Wildman–Crippen MR) is 125 cm³/mol. The number of hydrogen-bond donors (Lipinski definition) is 1. The lowest BCUT2D eigenvalue weighted by molar-refractivity contribution is 0.353. The smallest absolute Gasteiger partial charge is 0.193 e. The van der Waals surface area contributed by atoms with Crippen molar-refractivity contribution in [3.05, 3.63) is 29.8 Å². The van der Waals surface area contributed by atoms with Gasteiger partial charge in [0.15, 0.2) is 15.8 Å². The molecular weight excluding hydrogens is 475 g/mol. The highest BCUT2D eigenvalue weighted by Gasteiger charge is 2.40. The fraction of sp³-hybridized carbons (Fsp3) is 0.632. The number of benzene rings is 1. The molecule has 1 aliphatic heterocycles. The van der Waals surface area contributed by atoms with Crippen molar-refractivity contribution >= 4 is 45.5 Å². The maximum absolute atomic E-state index is 12.2. The number of likely N-dealkylation sites (N-methyl/N-ethyl adjacent to an activating group) is 1. The summed E-state index contributed by atoms with van der Waals surface area (Å²) in [6.07, 6.45) is 0. The van der Waals surface area contributed by atoms with Crippen LogP contribution in [0, 0.1) is 6.92 Å². The molecule has 0 saturated carbocycles. The van der Waals surface area contributed by atoms with Gasteiger partial charge in [0.05, 0.1) is 10.5 Å². The number of hydrogen-bond acceptors (Lipinski definition) is 4. The lowest BCUT2D eigenvalue weighted by atomic mass is 10.2. The molecule has 0 amide bonds. The van der Waals surface area contributed by atoms with E-state index in [1.807, 2.05) is 4.90 Å². The van der Waals surface area contributed by atoms with Gasteiger partial charge in [0.1, 0.15) is 0 Å². The van der Waals surface area contributed by atoms with Crippen LogP contribution in [-0.4, -0.2) is 69.5 Å². The second-order valence-electron chi connectivity index (χ2n) is 7.39. The normalized spacial score (nSPS) is 18.6. The predicted octanol–water partition coefficient (Wildman–Crippen LogP) is 2.52. The number of anilines is 1. The Morgan fingerprint density at radius 3 is 2.63 bits per heavy atom. The molecule has 0 atom stereocenters. The van der Waals surface area contributed by atoms with Crippen LogP contribution < -0.4 is 10.2 Å². The van der Waals surface area contributed by atoms with Crippen LogP contribution in [0.4, 0.5) is 5.69 Å². The third-order valence-corrected chi connectivity index (χ3v) is 7.50. The monoisotopic (exact) mass is 508 g/mol. The Morgan fingerprint density at radius 2 is 2.07 bits per heavy atom. The van der Waals surface area contributed by atoms with Gasteiger partial charge in [-0.1, -0.05) is 12.1 Å². The topological polar surface area (TPSA) is 65.0 Å². The van der Waals surface area contributed by atoms with Gasteiger partial charge in [0.2, 0.25) is 0 Å². The summed E-state index contributed by atoms with van der Waals surface area (Å²) in [4.78, 5) is 8.72. The lowest BCUT2D eigenvalue weighted by Gasteiger charge is -2.39. The average Bonchev–Trinajstić information content (AvgIpc) is 2.58. The summed E-state index contributed by atoms with van der Waals surface area (Å²) in [5.41, 5.74) is 2.47. The van der Waals surface area contributed by atoms with Crippen molar-refractivity contribution in [2.45, 2.75) is 32.4 Å². The Hall–Kier alpha value is -1.03. The molecule has 1 fully saturated rings. The maximum atomic E-state index is 12.2. The Balaban J connectivity index is 0.00000364. The first kappa shape index (κ1) is 24.0. The van der Waals surface area contributed by atoms with E-state index in [1.165, 1.54) is 11.3 Å². The van der Waals surface area contributed by atoms with E-state index < -0.39 is 14.6 Å². The van der Waals surface area contributed by atoms with Crippen LogP contribution in [0.1, 0.15) is 26.3 Å². The molecule has 8 heteroatoms. The number of aliphatic imine (C=N–C) groups is 1. The summed E-state index contributed by atoms with van der Waals surface area (Å²) in [5, 5.41) is 3.39. The molecular formula is C19H33IN4O2S. The molecule has 0 bridgehead atoms. The van der Waals surface area contributed by atoms with Crippen molar-refractivity contribution in [2.24, 2.45) is 4.99 Å². The highest BCUT2D eigenvalue weighted by molar-refractivity contribution is 14.0. The summed E-state index contributed by atoms with van der Waals surface area (Å²) in [5.74, 6) is 0.943. The number of sulfone groups is 1. The maximum Gasteiger partial charge on any atom is 0.193 e. The van der Waals surface area contributed by atoms with Gasteiger partial charge in [0, 0.05) is 45.5 Å². The highest BCUT2D eigenvalue weighted by atomic mass is 127. The summed E-state index contributed by atoms with van der Waals surface area (Å²) >= 11 is 0. The van der Waals surface area contributed by atoms with Gasteiger partial charge in [-0.25, -0.2) is 8.42 Å². The van der Waals surface area contributed by atoms with E-state index in [2.05, 4.69) is 53.3 Å². The van der Waals surface area contributed by atoms with Crippen molar-refractivity contribution < 1.29 is 8.42 Å². The number of nitrogens with zero attached hydrogens (tertiary/aromatic N) is 3. The minimum absolute atomic E-state index is 0. The van der Waals surface area contributed by atoms with E-state index in [0.29, 0.717) is 13.1 Å². The van der Waals surface area contributed by atoms with Gasteiger partial charge < -0.3 is 15.1 Å². The molecule has 2 rings (SSSR count). The number of halogens is 1. The second kappa shape index (κ2) is 9.95. The number of rotatable bonds is 5. The molecule has 1 N–H and O–H groups in total. The zero-order chi connectivity index (χ0) is 19.4. The largest absolute Gasteiger partial charge is 0.370 e. The molecule has 0 aliphatic carbocycles. The van der Waals surface area contributed by atoms with E-state index >= 15 is 0 Å². The molecule has 1 saturated heterocycles. The molecule has 0 unspecified atom stereocenters.